The van der Waals surface area contributed by atoms with E-state index in [9.17, 15) is 37.5 Å². The first-order chi connectivity index (χ1) is 28.0. The zero-order chi connectivity index (χ0) is 42.8. The van der Waals surface area contributed by atoms with Crippen LogP contribution in [0.5, 0.6) is 0 Å². The second kappa shape index (κ2) is 17.5. The number of nitrogens with zero attached hydrogens (tertiary/aromatic N) is 5. The van der Waals surface area contributed by atoms with Crippen molar-refractivity contribution < 1.29 is 23.4 Å². The average Bonchev–Trinajstić information content (AvgIpc) is 3.75. The molecule has 7 aromatic rings. The molecule has 0 aliphatic carbocycles. The van der Waals surface area contributed by atoms with Gasteiger partial charge in [-0.25, -0.2) is 9.59 Å². The molecule has 7 rings (SSSR count). The number of rotatable bonds is 11. The van der Waals surface area contributed by atoms with Gasteiger partial charge in [-0.3, -0.25) is 27.9 Å². The third-order valence-corrected chi connectivity index (χ3v) is 10.4. The number of hydrogen-bond acceptors (Lipinski definition) is 6. The largest absolute Gasteiger partial charge is 0.396 e. The Morgan fingerprint density at radius 2 is 1.31 bits per heavy atom. The zero-order valence-electron chi connectivity index (χ0n) is 32.9. The molecule has 4 heterocycles. The van der Waals surface area contributed by atoms with Gasteiger partial charge >= 0.3 is 17.6 Å². The van der Waals surface area contributed by atoms with Gasteiger partial charge in [0.15, 0.2) is 0 Å². The highest BCUT2D eigenvalue weighted by Gasteiger charge is 2.28. The van der Waals surface area contributed by atoms with Gasteiger partial charge in [-0.05, 0) is 72.7 Å². The van der Waals surface area contributed by atoms with Crippen LogP contribution in [0, 0.1) is 13.8 Å². The first-order valence-electron chi connectivity index (χ1n) is 18.9. The van der Waals surface area contributed by atoms with Crippen LogP contribution >= 0.6 is 11.6 Å². The fourth-order valence-electron chi connectivity index (χ4n) is 7.35. The molecule has 0 unspecified atom stereocenters. The summed E-state index contributed by atoms with van der Waals surface area (Å²) in [6.07, 6.45) is -2.87. The fraction of sp³-hybridized carbons (Fsp3) is 0.302. The third kappa shape index (κ3) is 8.92. The Morgan fingerprint density at radius 3 is 1.92 bits per heavy atom. The molecule has 0 aliphatic heterocycles. The summed E-state index contributed by atoms with van der Waals surface area (Å²) in [4.78, 5) is 54.6. The maximum absolute atomic E-state index is 13.4. The minimum atomic E-state index is -4.32. The summed E-state index contributed by atoms with van der Waals surface area (Å²) in [5, 5.41) is 18.8. The molecule has 310 valence electrons. The monoisotopic (exact) mass is 832 g/mol. The molecular formula is C43H44ClF3N6O6. The van der Waals surface area contributed by atoms with Gasteiger partial charge in [0.2, 0.25) is 0 Å². The highest BCUT2D eigenvalue weighted by Crippen LogP contribution is 2.32. The molecule has 0 amide bonds. The van der Waals surface area contributed by atoms with E-state index in [1.807, 2.05) is 60.2 Å². The predicted molar refractivity (Wildman–Crippen MR) is 223 cm³/mol. The summed E-state index contributed by atoms with van der Waals surface area (Å²) < 4.78 is 45.1. The number of aliphatic hydroxyl groups excluding tert-OH is 2. The van der Waals surface area contributed by atoms with E-state index in [1.165, 1.54) is 38.9 Å². The lowest BCUT2D eigenvalue weighted by molar-refractivity contribution is -0.127. The lowest BCUT2D eigenvalue weighted by Crippen LogP contribution is -2.39. The van der Waals surface area contributed by atoms with E-state index in [0.717, 1.165) is 26.8 Å². The summed E-state index contributed by atoms with van der Waals surface area (Å²) in [6, 6.07) is 21.5. The number of hydrogen-bond donors (Lipinski definition) is 3. The Labute approximate surface area is 340 Å². The van der Waals surface area contributed by atoms with E-state index in [1.54, 1.807) is 26.1 Å². The molecule has 12 nitrogen and oxygen atoms in total. The SMILES string of the molecule is Cc1c(-c2cccc(CC(F)(F)F)c2)[nH]c2c(=O)n(CCCO)c(=O)n(C)c12.Cc1ccc(Cn2cc(-c3cccc(Cl)c3)c3c2c(=O)n(CCCO)c(=O)n3C)cc1. The molecule has 0 fully saturated rings. The van der Waals surface area contributed by atoms with Crippen molar-refractivity contribution in [3.8, 4) is 22.4 Å². The number of H-pyrrole nitrogens is 1. The predicted octanol–water partition coefficient (Wildman–Crippen LogP) is 6.05. The van der Waals surface area contributed by atoms with Gasteiger partial charge in [-0.1, -0.05) is 71.8 Å². The van der Waals surface area contributed by atoms with Gasteiger partial charge < -0.3 is 19.8 Å². The van der Waals surface area contributed by atoms with E-state index in [0.29, 0.717) is 51.4 Å². The lowest BCUT2D eigenvalue weighted by atomic mass is 10.0. The van der Waals surface area contributed by atoms with E-state index >= 15 is 0 Å². The number of alkyl halides is 3. The van der Waals surface area contributed by atoms with Gasteiger partial charge in [0, 0.05) is 63.7 Å². The van der Waals surface area contributed by atoms with Crippen LogP contribution in [0.25, 0.3) is 44.5 Å². The number of aromatic nitrogens is 6. The number of benzene rings is 3. The Bertz CT molecular complexity index is 2900. The number of nitrogens with one attached hydrogen (secondary N) is 1. The molecule has 0 radical (unpaired) electrons. The van der Waals surface area contributed by atoms with Crippen molar-refractivity contribution in [3.05, 3.63) is 148 Å². The quantitative estimate of drug-likeness (QED) is 0.145. The second-order valence-corrected chi connectivity index (χ2v) is 14.9. The minimum absolute atomic E-state index is 0.0758. The molecule has 0 saturated heterocycles. The molecule has 0 spiro atoms. The number of aryl methyl sites for hydroxylation is 4. The average molecular weight is 833 g/mol. The fourth-order valence-corrected chi connectivity index (χ4v) is 7.54. The Balaban J connectivity index is 0.000000199. The highest BCUT2D eigenvalue weighted by molar-refractivity contribution is 6.30. The maximum atomic E-state index is 13.4. The number of fused-ring (bicyclic) bond motifs is 2. The smallest absolute Gasteiger partial charge is 0.393 e. The van der Waals surface area contributed by atoms with E-state index in [-0.39, 0.29) is 49.4 Å². The standard InChI is InChI=1S/C24H24ClN3O3.C19H20F3N3O3/c1-16-7-9-17(10-8-16)14-27-15-20(18-5-3-6-19(25)13-18)21-22(27)23(30)28(11-4-12-29)24(31)26(21)2;1-11-14(13-6-3-5-12(9-13)10-19(20,21)22)23-15-16(11)24(2)18(28)25(17(15)27)7-4-8-26/h3,5-10,13,15,29H,4,11-12,14H2,1-2H3;3,5-6,9,23,26H,4,7-8,10H2,1-2H3. The number of halogens is 4. The van der Waals surface area contributed by atoms with Crippen molar-refractivity contribution in [1.29, 1.82) is 0 Å². The molecular weight excluding hydrogens is 789 g/mol. The van der Waals surface area contributed by atoms with Crippen LogP contribution in [0.15, 0.2) is 98.2 Å². The van der Waals surface area contributed by atoms with Crippen LogP contribution in [-0.2, 0) is 40.2 Å². The molecule has 0 saturated carbocycles. The number of aromatic amines is 1. The third-order valence-electron chi connectivity index (χ3n) is 10.2. The normalized spacial score (nSPS) is 11.7. The second-order valence-electron chi connectivity index (χ2n) is 14.5. The van der Waals surface area contributed by atoms with E-state index in [2.05, 4.69) is 4.98 Å². The van der Waals surface area contributed by atoms with Gasteiger partial charge in [-0.2, -0.15) is 13.2 Å². The van der Waals surface area contributed by atoms with Crippen LogP contribution in [0.2, 0.25) is 5.02 Å². The maximum Gasteiger partial charge on any atom is 0.393 e. The van der Waals surface area contributed by atoms with Crippen molar-refractivity contribution >= 4 is 33.7 Å². The van der Waals surface area contributed by atoms with Crippen molar-refractivity contribution in [2.45, 2.75) is 58.9 Å². The number of aliphatic hydroxyl groups is 2. The van der Waals surface area contributed by atoms with Crippen LogP contribution in [0.3, 0.4) is 0 Å². The molecule has 16 heteroatoms. The summed E-state index contributed by atoms with van der Waals surface area (Å²) in [5.41, 5.74) is 5.38. The van der Waals surface area contributed by atoms with Crippen LogP contribution in [-0.4, -0.2) is 57.4 Å². The summed E-state index contributed by atoms with van der Waals surface area (Å²) in [5.74, 6) is 0. The van der Waals surface area contributed by atoms with Crippen molar-refractivity contribution in [1.82, 2.24) is 27.8 Å². The van der Waals surface area contributed by atoms with Crippen LogP contribution < -0.4 is 22.5 Å². The van der Waals surface area contributed by atoms with Crippen molar-refractivity contribution in [2.75, 3.05) is 13.2 Å². The first kappa shape index (κ1) is 42.7. The molecule has 0 aliphatic rings. The van der Waals surface area contributed by atoms with E-state index in [4.69, 9.17) is 16.7 Å². The van der Waals surface area contributed by atoms with Crippen molar-refractivity contribution in [3.63, 3.8) is 0 Å². The highest BCUT2D eigenvalue weighted by atomic mass is 35.5. The topological polar surface area (TPSA) is 149 Å². The Morgan fingerprint density at radius 1 is 0.712 bits per heavy atom. The van der Waals surface area contributed by atoms with E-state index < -0.39 is 29.5 Å². The molecule has 59 heavy (non-hydrogen) atoms. The van der Waals surface area contributed by atoms with Crippen LogP contribution in [0.1, 0.15) is 35.1 Å². The molecule has 3 aromatic carbocycles. The van der Waals surface area contributed by atoms with Crippen molar-refractivity contribution in [2.24, 2.45) is 14.1 Å². The Hall–Kier alpha value is -5.90. The van der Waals surface area contributed by atoms with Crippen LogP contribution in [0.4, 0.5) is 13.2 Å². The first-order valence-corrected chi connectivity index (χ1v) is 19.3. The lowest BCUT2D eigenvalue weighted by Gasteiger charge is -2.11. The summed E-state index contributed by atoms with van der Waals surface area (Å²) in [6.45, 7) is 4.22. The van der Waals surface area contributed by atoms with Gasteiger partial charge in [0.05, 0.1) is 23.1 Å². The summed E-state index contributed by atoms with van der Waals surface area (Å²) >= 11 is 6.22. The zero-order valence-corrected chi connectivity index (χ0v) is 33.7. The molecule has 3 N–H and O–H groups in total. The minimum Gasteiger partial charge on any atom is -0.396 e. The summed E-state index contributed by atoms with van der Waals surface area (Å²) in [7, 11) is 3.20. The van der Waals surface area contributed by atoms with Gasteiger partial charge in [-0.15, -0.1) is 0 Å². The Kier molecular flexibility index (Phi) is 12.7. The molecule has 0 atom stereocenters. The molecule has 4 aromatic heterocycles. The van der Waals surface area contributed by atoms with Gasteiger partial charge in [0.1, 0.15) is 11.0 Å². The molecule has 0 bridgehead atoms. The van der Waals surface area contributed by atoms with Gasteiger partial charge in [0.25, 0.3) is 11.1 Å².